The molecular formula is C14H29NO2S. The molecule has 3 nitrogen and oxygen atoms in total. The van der Waals surface area contributed by atoms with E-state index in [1.807, 2.05) is 18.7 Å². The number of rotatable bonds is 11. The van der Waals surface area contributed by atoms with E-state index in [1.165, 1.54) is 18.6 Å². The van der Waals surface area contributed by atoms with Crippen molar-refractivity contribution in [1.82, 2.24) is 4.90 Å². The second kappa shape index (κ2) is 11.8. The lowest BCUT2D eigenvalue weighted by molar-refractivity contribution is -0.143. The average Bonchev–Trinajstić information content (AvgIpc) is 2.35. The Bertz CT molecular complexity index is 212. The monoisotopic (exact) mass is 275 g/mol. The van der Waals surface area contributed by atoms with Crippen molar-refractivity contribution in [2.45, 2.75) is 52.0 Å². The summed E-state index contributed by atoms with van der Waals surface area (Å²) in [5, 5.41) is 0. The van der Waals surface area contributed by atoms with Gasteiger partial charge in [-0.25, -0.2) is 0 Å². The number of ether oxygens (including phenoxy) is 1. The number of nitrogens with zero attached hydrogens (tertiary/aromatic N) is 1. The van der Waals surface area contributed by atoms with Crippen molar-refractivity contribution in [3.8, 4) is 0 Å². The molecule has 0 N–H and O–H groups in total. The molecule has 0 aromatic heterocycles. The quantitative estimate of drug-likeness (QED) is 0.428. The molecule has 0 saturated heterocycles. The molecule has 0 aliphatic heterocycles. The van der Waals surface area contributed by atoms with Gasteiger partial charge >= 0.3 is 5.97 Å². The summed E-state index contributed by atoms with van der Waals surface area (Å²) >= 11 is 1.91. The Hall–Kier alpha value is -0.220. The van der Waals surface area contributed by atoms with E-state index >= 15 is 0 Å². The number of esters is 1. The van der Waals surface area contributed by atoms with Crippen molar-refractivity contribution in [3.63, 3.8) is 0 Å². The minimum atomic E-state index is -0.0559. The molecule has 18 heavy (non-hydrogen) atoms. The average molecular weight is 275 g/mol. The Morgan fingerprint density at radius 1 is 1.28 bits per heavy atom. The summed E-state index contributed by atoms with van der Waals surface area (Å²) < 4.78 is 4.90. The first-order chi connectivity index (χ1) is 8.65. The van der Waals surface area contributed by atoms with Gasteiger partial charge in [0.15, 0.2) is 0 Å². The summed E-state index contributed by atoms with van der Waals surface area (Å²) in [6.07, 6.45) is 7.17. The zero-order chi connectivity index (χ0) is 13.8. The van der Waals surface area contributed by atoms with Crippen molar-refractivity contribution < 1.29 is 9.53 Å². The molecule has 0 radical (unpaired) electrons. The first-order valence-electron chi connectivity index (χ1n) is 7.00. The zero-order valence-electron chi connectivity index (χ0n) is 12.4. The van der Waals surface area contributed by atoms with Gasteiger partial charge in [-0.15, -0.1) is 0 Å². The van der Waals surface area contributed by atoms with Crippen LogP contribution in [0, 0.1) is 0 Å². The minimum absolute atomic E-state index is 0.0559. The molecular weight excluding hydrogens is 246 g/mol. The second-order valence-corrected chi connectivity index (χ2v) is 5.52. The van der Waals surface area contributed by atoms with Gasteiger partial charge in [0.05, 0.1) is 6.61 Å². The van der Waals surface area contributed by atoms with Crippen molar-refractivity contribution >= 4 is 17.7 Å². The molecule has 0 spiro atoms. The summed E-state index contributed by atoms with van der Waals surface area (Å²) in [4.78, 5) is 13.6. The van der Waals surface area contributed by atoms with Crippen LogP contribution in [-0.4, -0.2) is 49.1 Å². The van der Waals surface area contributed by atoms with E-state index in [4.69, 9.17) is 4.74 Å². The van der Waals surface area contributed by atoms with Crippen LogP contribution >= 0.6 is 11.8 Å². The SMILES string of the molecule is CCOC(=O)CCCCCN(C)C(CC)CSC. The van der Waals surface area contributed by atoms with Gasteiger partial charge in [-0.1, -0.05) is 13.3 Å². The first kappa shape index (κ1) is 17.8. The van der Waals surface area contributed by atoms with Crippen molar-refractivity contribution in [1.29, 1.82) is 0 Å². The zero-order valence-corrected chi connectivity index (χ0v) is 13.2. The maximum atomic E-state index is 11.1. The fourth-order valence-electron chi connectivity index (χ4n) is 1.97. The number of hydrogen-bond donors (Lipinski definition) is 0. The van der Waals surface area contributed by atoms with Gasteiger partial charge in [-0.2, -0.15) is 11.8 Å². The minimum Gasteiger partial charge on any atom is -0.466 e. The van der Waals surface area contributed by atoms with Gasteiger partial charge in [-0.05, 0) is 46.0 Å². The lowest BCUT2D eigenvalue weighted by atomic mass is 10.1. The summed E-state index contributed by atoms with van der Waals surface area (Å²) in [5.41, 5.74) is 0. The first-order valence-corrected chi connectivity index (χ1v) is 8.39. The molecule has 1 unspecified atom stereocenters. The maximum Gasteiger partial charge on any atom is 0.305 e. The van der Waals surface area contributed by atoms with Crippen LogP contribution in [0.15, 0.2) is 0 Å². The fraction of sp³-hybridized carbons (Fsp3) is 0.929. The van der Waals surface area contributed by atoms with Crippen LogP contribution in [0.5, 0.6) is 0 Å². The van der Waals surface area contributed by atoms with Crippen LogP contribution in [0.1, 0.15) is 46.0 Å². The van der Waals surface area contributed by atoms with Gasteiger partial charge in [0.25, 0.3) is 0 Å². The number of carbonyl (C=O) groups excluding carboxylic acids is 1. The molecule has 0 rings (SSSR count). The Balaban J connectivity index is 3.55. The molecule has 0 aromatic rings. The lowest BCUT2D eigenvalue weighted by Gasteiger charge is -2.26. The molecule has 4 heteroatoms. The summed E-state index contributed by atoms with van der Waals surface area (Å²) in [7, 11) is 2.20. The standard InChI is InChI=1S/C14H29NO2S/c1-5-13(12-18-4)15(3)11-9-7-8-10-14(16)17-6-2/h13H,5-12H2,1-4H3. The Kier molecular flexibility index (Phi) is 11.7. The van der Waals surface area contributed by atoms with Crippen LogP contribution < -0.4 is 0 Å². The largest absolute Gasteiger partial charge is 0.466 e. The van der Waals surface area contributed by atoms with E-state index in [2.05, 4.69) is 25.1 Å². The van der Waals surface area contributed by atoms with Crippen LogP contribution in [0.4, 0.5) is 0 Å². The van der Waals surface area contributed by atoms with Crippen molar-refractivity contribution in [2.75, 3.05) is 32.2 Å². The Labute approximate surface area is 117 Å². The fourth-order valence-corrected chi connectivity index (χ4v) is 2.85. The molecule has 0 heterocycles. The van der Waals surface area contributed by atoms with E-state index in [-0.39, 0.29) is 5.97 Å². The highest BCUT2D eigenvalue weighted by molar-refractivity contribution is 7.98. The molecule has 1 atom stereocenters. The van der Waals surface area contributed by atoms with Crippen molar-refractivity contribution in [3.05, 3.63) is 0 Å². The predicted molar refractivity (Wildman–Crippen MR) is 80.2 cm³/mol. The summed E-state index contributed by atoms with van der Waals surface area (Å²) in [6.45, 7) is 5.72. The third-order valence-corrected chi connectivity index (χ3v) is 3.87. The van der Waals surface area contributed by atoms with E-state index in [0.29, 0.717) is 19.1 Å². The van der Waals surface area contributed by atoms with Gasteiger partial charge < -0.3 is 9.64 Å². The molecule has 0 bridgehead atoms. The number of thioether (sulfide) groups is 1. The highest BCUT2D eigenvalue weighted by atomic mass is 32.2. The normalized spacial score (nSPS) is 12.7. The summed E-state index contributed by atoms with van der Waals surface area (Å²) in [5.74, 6) is 1.15. The van der Waals surface area contributed by atoms with E-state index in [9.17, 15) is 4.79 Å². The highest BCUT2D eigenvalue weighted by Crippen LogP contribution is 2.10. The Morgan fingerprint density at radius 3 is 2.56 bits per heavy atom. The number of hydrogen-bond acceptors (Lipinski definition) is 4. The van der Waals surface area contributed by atoms with Crippen molar-refractivity contribution in [2.24, 2.45) is 0 Å². The van der Waals surface area contributed by atoms with Gasteiger partial charge in [0.2, 0.25) is 0 Å². The van der Waals surface area contributed by atoms with Crippen LogP contribution in [0.3, 0.4) is 0 Å². The third kappa shape index (κ3) is 8.81. The van der Waals surface area contributed by atoms with Crippen LogP contribution in [-0.2, 0) is 9.53 Å². The van der Waals surface area contributed by atoms with E-state index < -0.39 is 0 Å². The van der Waals surface area contributed by atoms with Gasteiger partial charge in [0, 0.05) is 18.2 Å². The number of carbonyl (C=O) groups is 1. The molecule has 0 aliphatic rings. The molecule has 0 amide bonds. The molecule has 0 fully saturated rings. The molecule has 0 aromatic carbocycles. The second-order valence-electron chi connectivity index (χ2n) is 4.61. The topological polar surface area (TPSA) is 29.5 Å². The molecule has 0 aliphatic carbocycles. The van der Waals surface area contributed by atoms with Gasteiger partial charge in [0.1, 0.15) is 0 Å². The lowest BCUT2D eigenvalue weighted by Crippen LogP contribution is -2.33. The maximum absolute atomic E-state index is 11.1. The Morgan fingerprint density at radius 2 is 2.00 bits per heavy atom. The predicted octanol–water partition coefficient (Wildman–Crippen LogP) is 3.18. The smallest absolute Gasteiger partial charge is 0.305 e. The van der Waals surface area contributed by atoms with E-state index in [0.717, 1.165) is 19.4 Å². The third-order valence-electron chi connectivity index (χ3n) is 3.15. The van der Waals surface area contributed by atoms with Crippen LogP contribution in [0.25, 0.3) is 0 Å². The molecule has 108 valence electrons. The molecule has 0 saturated carbocycles. The van der Waals surface area contributed by atoms with E-state index in [1.54, 1.807) is 0 Å². The van der Waals surface area contributed by atoms with Gasteiger partial charge in [-0.3, -0.25) is 4.79 Å². The number of unbranched alkanes of at least 4 members (excludes halogenated alkanes) is 2. The summed E-state index contributed by atoms with van der Waals surface area (Å²) in [6, 6.07) is 0.685. The highest BCUT2D eigenvalue weighted by Gasteiger charge is 2.11. The van der Waals surface area contributed by atoms with Crippen LogP contribution in [0.2, 0.25) is 0 Å².